The van der Waals surface area contributed by atoms with Crippen LogP contribution >= 0.6 is 0 Å². The minimum absolute atomic E-state index is 0.0277. The number of rotatable bonds is 6. The van der Waals surface area contributed by atoms with Crippen LogP contribution in [-0.4, -0.2) is 18.9 Å². The summed E-state index contributed by atoms with van der Waals surface area (Å²) in [4.78, 5) is 24.5. The zero-order chi connectivity index (χ0) is 20.3. The van der Waals surface area contributed by atoms with Crippen LogP contribution in [0.25, 0.3) is 11.0 Å². The monoisotopic (exact) mass is 380 g/mol. The van der Waals surface area contributed by atoms with Gasteiger partial charge in [0.1, 0.15) is 11.3 Å². The van der Waals surface area contributed by atoms with Crippen LogP contribution in [0.15, 0.2) is 46.9 Å². The molecule has 0 aliphatic carbocycles. The summed E-state index contributed by atoms with van der Waals surface area (Å²) in [7, 11) is 1.60. The molecule has 0 aliphatic heterocycles. The van der Waals surface area contributed by atoms with Crippen LogP contribution in [0.3, 0.4) is 0 Å². The second-order valence-corrected chi connectivity index (χ2v) is 7.10. The molecule has 0 saturated heterocycles. The van der Waals surface area contributed by atoms with Gasteiger partial charge < -0.3 is 19.8 Å². The van der Waals surface area contributed by atoms with Gasteiger partial charge in [0.15, 0.2) is 5.76 Å². The molecule has 1 heterocycles. The zero-order valence-corrected chi connectivity index (χ0v) is 16.5. The Morgan fingerprint density at radius 3 is 2.29 bits per heavy atom. The predicted octanol–water partition coefficient (Wildman–Crippen LogP) is 4.99. The molecule has 2 amide bonds. The molecule has 0 saturated carbocycles. The largest absolute Gasteiger partial charge is 0.497 e. The van der Waals surface area contributed by atoms with Gasteiger partial charge in [0.2, 0.25) is 5.91 Å². The number of hydrogen-bond acceptors (Lipinski definition) is 4. The zero-order valence-electron chi connectivity index (χ0n) is 16.5. The molecular weight excluding hydrogens is 356 g/mol. The molecule has 146 valence electrons. The van der Waals surface area contributed by atoms with E-state index in [9.17, 15) is 9.59 Å². The van der Waals surface area contributed by atoms with Crippen LogP contribution in [0, 0.1) is 12.8 Å². The van der Waals surface area contributed by atoms with Gasteiger partial charge in [0.05, 0.1) is 7.11 Å². The van der Waals surface area contributed by atoms with Crippen LogP contribution in [0.1, 0.15) is 36.4 Å². The summed E-state index contributed by atoms with van der Waals surface area (Å²) in [6.07, 6.45) is 0.467. The average Bonchev–Trinajstić information content (AvgIpc) is 2.99. The van der Waals surface area contributed by atoms with Crippen molar-refractivity contribution >= 4 is 34.2 Å². The van der Waals surface area contributed by atoms with Crippen molar-refractivity contribution in [1.82, 2.24) is 0 Å². The molecule has 0 unspecified atom stereocenters. The van der Waals surface area contributed by atoms with Gasteiger partial charge in [-0.2, -0.15) is 0 Å². The number of fused-ring (bicyclic) bond motifs is 1. The smallest absolute Gasteiger partial charge is 0.291 e. The molecule has 2 aromatic carbocycles. The molecule has 0 atom stereocenters. The number of methoxy groups -OCH3 is 1. The highest BCUT2D eigenvalue weighted by atomic mass is 16.5. The Morgan fingerprint density at radius 2 is 1.68 bits per heavy atom. The maximum Gasteiger partial charge on any atom is 0.291 e. The van der Waals surface area contributed by atoms with E-state index in [1.807, 2.05) is 26.8 Å². The lowest BCUT2D eigenvalue weighted by Gasteiger charge is -2.08. The fraction of sp³-hybridized carbons (Fsp3) is 0.273. The number of anilines is 2. The topological polar surface area (TPSA) is 80.6 Å². The van der Waals surface area contributed by atoms with Crippen molar-refractivity contribution in [2.24, 2.45) is 5.92 Å². The van der Waals surface area contributed by atoms with E-state index >= 15 is 0 Å². The van der Waals surface area contributed by atoms with Gasteiger partial charge in [-0.3, -0.25) is 9.59 Å². The standard InChI is InChI=1S/C22H24N2O4/c1-13(2)11-20(25)23-15-5-7-16(8-6-15)24-22(26)21-14(3)18-12-17(27-4)9-10-19(18)28-21/h5-10,12-13H,11H2,1-4H3,(H,23,25)(H,24,26). The second-order valence-electron chi connectivity index (χ2n) is 7.10. The summed E-state index contributed by atoms with van der Waals surface area (Å²) in [5.41, 5.74) is 2.69. The van der Waals surface area contributed by atoms with Gasteiger partial charge in [0, 0.05) is 28.7 Å². The summed E-state index contributed by atoms with van der Waals surface area (Å²) >= 11 is 0. The van der Waals surface area contributed by atoms with E-state index < -0.39 is 0 Å². The van der Waals surface area contributed by atoms with E-state index in [1.54, 1.807) is 43.5 Å². The van der Waals surface area contributed by atoms with E-state index in [-0.39, 0.29) is 17.6 Å². The van der Waals surface area contributed by atoms with E-state index in [0.29, 0.717) is 35.0 Å². The lowest BCUT2D eigenvalue weighted by molar-refractivity contribution is -0.116. The first-order chi connectivity index (χ1) is 13.4. The van der Waals surface area contributed by atoms with Gasteiger partial charge in [0.25, 0.3) is 5.91 Å². The number of nitrogens with one attached hydrogen (secondary N) is 2. The minimum Gasteiger partial charge on any atom is -0.497 e. The lowest BCUT2D eigenvalue weighted by Crippen LogP contribution is -2.14. The Hall–Kier alpha value is -3.28. The first kappa shape index (κ1) is 19.5. The van der Waals surface area contributed by atoms with Crippen molar-refractivity contribution in [3.8, 4) is 5.75 Å². The number of ether oxygens (including phenoxy) is 1. The van der Waals surface area contributed by atoms with Crippen LogP contribution in [0.2, 0.25) is 0 Å². The highest BCUT2D eigenvalue weighted by Crippen LogP contribution is 2.29. The van der Waals surface area contributed by atoms with Crippen molar-refractivity contribution < 1.29 is 18.7 Å². The van der Waals surface area contributed by atoms with Crippen molar-refractivity contribution in [2.45, 2.75) is 27.2 Å². The van der Waals surface area contributed by atoms with E-state index in [0.717, 1.165) is 10.9 Å². The summed E-state index contributed by atoms with van der Waals surface area (Å²) in [6, 6.07) is 12.4. The van der Waals surface area contributed by atoms with E-state index in [1.165, 1.54) is 0 Å². The number of aryl methyl sites for hydroxylation is 1. The van der Waals surface area contributed by atoms with Crippen molar-refractivity contribution in [2.75, 3.05) is 17.7 Å². The van der Waals surface area contributed by atoms with Crippen molar-refractivity contribution in [3.05, 3.63) is 53.8 Å². The van der Waals surface area contributed by atoms with E-state index in [2.05, 4.69) is 10.6 Å². The fourth-order valence-corrected chi connectivity index (χ4v) is 2.95. The molecule has 2 N–H and O–H groups in total. The third kappa shape index (κ3) is 4.34. The van der Waals surface area contributed by atoms with Crippen LogP contribution < -0.4 is 15.4 Å². The molecule has 28 heavy (non-hydrogen) atoms. The summed E-state index contributed by atoms with van der Waals surface area (Å²) in [5, 5.41) is 6.51. The number of amides is 2. The average molecular weight is 380 g/mol. The molecule has 0 bridgehead atoms. The summed E-state index contributed by atoms with van der Waals surface area (Å²) in [6.45, 7) is 5.83. The molecule has 1 aromatic heterocycles. The maximum atomic E-state index is 12.6. The van der Waals surface area contributed by atoms with Gasteiger partial charge in [-0.05, 0) is 55.3 Å². The van der Waals surface area contributed by atoms with Crippen LogP contribution in [0.4, 0.5) is 11.4 Å². The SMILES string of the molecule is COc1ccc2oc(C(=O)Nc3ccc(NC(=O)CC(C)C)cc3)c(C)c2c1. The quantitative estimate of drug-likeness (QED) is 0.631. The molecule has 6 heteroatoms. The molecular formula is C22H24N2O4. The normalized spacial score (nSPS) is 10.9. The Balaban J connectivity index is 1.72. The predicted molar refractivity (Wildman–Crippen MR) is 110 cm³/mol. The lowest BCUT2D eigenvalue weighted by atomic mass is 10.1. The fourth-order valence-electron chi connectivity index (χ4n) is 2.95. The number of hydrogen-bond donors (Lipinski definition) is 2. The highest BCUT2D eigenvalue weighted by molar-refractivity contribution is 6.06. The van der Waals surface area contributed by atoms with Gasteiger partial charge in [-0.1, -0.05) is 13.8 Å². The minimum atomic E-state index is -0.329. The van der Waals surface area contributed by atoms with Gasteiger partial charge >= 0.3 is 0 Å². The van der Waals surface area contributed by atoms with Gasteiger partial charge in [-0.15, -0.1) is 0 Å². The first-order valence-corrected chi connectivity index (χ1v) is 9.15. The molecule has 6 nitrogen and oxygen atoms in total. The third-order valence-electron chi connectivity index (χ3n) is 4.37. The Labute approximate surface area is 163 Å². The first-order valence-electron chi connectivity index (χ1n) is 9.15. The molecule has 0 spiro atoms. The maximum absolute atomic E-state index is 12.6. The second kappa shape index (κ2) is 8.17. The number of carbonyl (C=O) groups excluding carboxylic acids is 2. The Kier molecular flexibility index (Phi) is 5.68. The number of carbonyl (C=O) groups is 2. The van der Waals surface area contributed by atoms with Crippen molar-refractivity contribution in [3.63, 3.8) is 0 Å². The Morgan fingerprint density at radius 1 is 1.04 bits per heavy atom. The van der Waals surface area contributed by atoms with E-state index in [4.69, 9.17) is 9.15 Å². The van der Waals surface area contributed by atoms with Crippen LogP contribution in [0.5, 0.6) is 5.75 Å². The molecule has 0 aliphatic rings. The van der Waals surface area contributed by atoms with Crippen molar-refractivity contribution in [1.29, 1.82) is 0 Å². The number of furan rings is 1. The van der Waals surface area contributed by atoms with Gasteiger partial charge in [-0.25, -0.2) is 0 Å². The molecule has 3 rings (SSSR count). The summed E-state index contributed by atoms with van der Waals surface area (Å²) < 4.78 is 11.0. The summed E-state index contributed by atoms with van der Waals surface area (Å²) in [5.74, 6) is 0.908. The molecule has 0 radical (unpaired) electrons. The molecule has 0 fully saturated rings. The molecule has 3 aromatic rings. The highest BCUT2D eigenvalue weighted by Gasteiger charge is 2.18. The third-order valence-corrected chi connectivity index (χ3v) is 4.37. The number of benzene rings is 2. The van der Waals surface area contributed by atoms with Crippen LogP contribution in [-0.2, 0) is 4.79 Å². The Bertz CT molecular complexity index is 1000.